The average Bonchev–Trinajstić information content (AvgIpc) is 2.74. The van der Waals surface area contributed by atoms with E-state index in [9.17, 15) is 0 Å². The number of methoxy groups -OCH3 is 1. The fourth-order valence-electron chi connectivity index (χ4n) is 1.89. The Morgan fingerprint density at radius 2 is 2.06 bits per heavy atom. The molecule has 0 bridgehead atoms. The van der Waals surface area contributed by atoms with Gasteiger partial charge in [0.15, 0.2) is 0 Å². The first-order valence-electron chi connectivity index (χ1n) is 5.94. The van der Waals surface area contributed by atoms with Gasteiger partial charge < -0.3 is 10.1 Å². The minimum absolute atomic E-state index is 0.0690. The molecule has 1 aromatic heterocycles. The summed E-state index contributed by atoms with van der Waals surface area (Å²) in [6, 6.07) is 10.2. The van der Waals surface area contributed by atoms with Crippen LogP contribution in [-0.4, -0.2) is 19.1 Å². The normalized spacial score (nSPS) is 12.6. The van der Waals surface area contributed by atoms with E-state index in [1.165, 1.54) is 4.88 Å². The first-order chi connectivity index (χ1) is 8.76. The average molecular weight is 262 g/mol. The first-order valence-corrected chi connectivity index (χ1v) is 6.76. The van der Waals surface area contributed by atoms with Crippen LogP contribution in [0.1, 0.15) is 27.2 Å². The third-order valence-electron chi connectivity index (χ3n) is 2.81. The summed E-state index contributed by atoms with van der Waals surface area (Å²) in [5, 5.41) is 4.18. The summed E-state index contributed by atoms with van der Waals surface area (Å²) in [5.74, 6) is 0. The molecule has 0 fully saturated rings. The maximum absolute atomic E-state index is 5.60. The summed E-state index contributed by atoms with van der Waals surface area (Å²) in [7, 11) is 3.68. The van der Waals surface area contributed by atoms with Crippen LogP contribution in [0.2, 0.25) is 0 Å². The van der Waals surface area contributed by atoms with Gasteiger partial charge in [-0.25, -0.2) is 4.98 Å². The Morgan fingerprint density at radius 1 is 1.33 bits per heavy atom. The predicted octanol–water partition coefficient (Wildman–Crippen LogP) is 2.91. The van der Waals surface area contributed by atoms with Gasteiger partial charge in [0.1, 0.15) is 11.1 Å². The van der Waals surface area contributed by atoms with Gasteiger partial charge >= 0.3 is 0 Å². The molecule has 0 saturated heterocycles. The molecule has 3 nitrogen and oxygen atoms in total. The summed E-state index contributed by atoms with van der Waals surface area (Å²) >= 11 is 1.71. The number of aromatic nitrogens is 1. The van der Waals surface area contributed by atoms with E-state index in [4.69, 9.17) is 4.74 Å². The van der Waals surface area contributed by atoms with Crippen molar-refractivity contribution in [3.8, 4) is 0 Å². The van der Waals surface area contributed by atoms with Gasteiger partial charge in [0.25, 0.3) is 0 Å². The SMILES string of the molecule is CNCc1sc(C(OC)c2ccccc2)nc1C. The summed E-state index contributed by atoms with van der Waals surface area (Å²) < 4.78 is 5.60. The minimum atomic E-state index is -0.0690. The fourth-order valence-corrected chi connectivity index (χ4v) is 3.08. The Bertz CT molecular complexity index is 496. The molecular formula is C14H18N2OS. The molecular weight excluding hydrogens is 244 g/mol. The van der Waals surface area contributed by atoms with Crippen molar-refractivity contribution in [2.24, 2.45) is 0 Å². The summed E-state index contributed by atoms with van der Waals surface area (Å²) in [5.41, 5.74) is 2.23. The van der Waals surface area contributed by atoms with E-state index < -0.39 is 0 Å². The second-order valence-corrected chi connectivity index (χ2v) is 5.23. The number of aryl methyl sites for hydroxylation is 1. The van der Waals surface area contributed by atoms with Crippen molar-refractivity contribution < 1.29 is 4.74 Å². The Labute approximate surface area is 112 Å². The summed E-state index contributed by atoms with van der Waals surface area (Å²) in [4.78, 5) is 5.90. The van der Waals surface area contributed by atoms with Crippen molar-refractivity contribution in [2.75, 3.05) is 14.2 Å². The molecule has 1 atom stereocenters. The third kappa shape index (κ3) is 2.77. The number of hydrogen-bond acceptors (Lipinski definition) is 4. The lowest BCUT2D eigenvalue weighted by Crippen LogP contribution is -2.04. The largest absolute Gasteiger partial charge is 0.370 e. The molecule has 96 valence electrons. The maximum atomic E-state index is 5.60. The standard InChI is InChI=1S/C14H18N2OS/c1-10-12(9-15-2)18-14(16-10)13(17-3)11-7-5-4-6-8-11/h4-8,13,15H,9H2,1-3H3. The molecule has 1 N–H and O–H groups in total. The lowest BCUT2D eigenvalue weighted by atomic mass is 10.1. The van der Waals surface area contributed by atoms with E-state index >= 15 is 0 Å². The predicted molar refractivity (Wildman–Crippen MR) is 74.9 cm³/mol. The van der Waals surface area contributed by atoms with Crippen LogP contribution in [0.4, 0.5) is 0 Å². The van der Waals surface area contributed by atoms with Crippen molar-refractivity contribution in [1.82, 2.24) is 10.3 Å². The maximum Gasteiger partial charge on any atom is 0.134 e. The van der Waals surface area contributed by atoms with E-state index in [1.807, 2.05) is 32.2 Å². The van der Waals surface area contributed by atoms with Gasteiger partial charge in [0.2, 0.25) is 0 Å². The highest BCUT2D eigenvalue weighted by atomic mass is 32.1. The van der Waals surface area contributed by atoms with Gasteiger partial charge in [0.05, 0.1) is 5.69 Å². The number of nitrogens with zero attached hydrogens (tertiary/aromatic N) is 1. The van der Waals surface area contributed by atoms with Crippen LogP contribution in [0, 0.1) is 6.92 Å². The van der Waals surface area contributed by atoms with Gasteiger partial charge in [-0.15, -0.1) is 11.3 Å². The van der Waals surface area contributed by atoms with E-state index in [2.05, 4.69) is 22.4 Å². The lowest BCUT2D eigenvalue weighted by Gasteiger charge is -2.12. The molecule has 0 saturated carbocycles. The van der Waals surface area contributed by atoms with Crippen LogP contribution < -0.4 is 5.32 Å². The molecule has 0 amide bonds. The number of ether oxygens (including phenoxy) is 1. The van der Waals surface area contributed by atoms with E-state index in [1.54, 1.807) is 18.4 Å². The Balaban J connectivity index is 2.31. The molecule has 0 aliphatic rings. The molecule has 0 radical (unpaired) electrons. The van der Waals surface area contributed by atoms with Crippen LogP contribution in [-0.2, 0) is 11.3 Å². The van der Waals surface area contributed by atoms with Gasteiger partial charge in [-0.1, -0.05) is 30.3 Å². The zero-order valence-electron chi connectivity index (χ0n) is 10.9. The highest BCUT2D eigenvalue weighted by molar-refractivity contribution is 7.11. The van der Waals surface area contributed by atoms with E-state index in [0.29, 0.717) is 0 Å². The number of hydrogen-bond donors (Lipinski definition) is 1. The van der Waals surface area contributed by atoms with Gasteiger partial charge in [-0.2, -0.15) is 0 Å². The molecule has 4 heteroatoms. The van der Waals surface area contributed by atoms with Crippen LogP contribution in [0.5, 0.6) is 0 Å². The number of rotatable bonds is 5. The highest BCUT2D eigenvalue weighted by Crippen LogP contribution is 2.30. The van der Waals surface area contributed by atoms with Crippen molar-refractivity contribution in [1.29, 1.82) is 0 Å². The molecule has 2 aromatic rings. The second-order valence-electron chi connectivity index (χ2n) is 4.12. The molecule has 0 aliphatic carbocycles. The monoisotopic (exact) mass is 262 g/mol. The smallest absolute Gasteiger partial charge is 0.134 e. The molecule has 1 unspecified atom stereocenters. The van der Waals surface area contributed by atoms with Gasteiger partial charge in [-0.3, -0.25) is 0 Å². The number of thiazole rings is 1. The second kappa shape index (κ2) is 6.09. The van der Waals surface area contributed by atoms with Gasteiger partial charge in [-0.05, 0) is 19.5 Å². The summed E-state index contributed by atoms with van der Waals surface area (Å²) in [6.45, 7) is 2.90. The van der Waals surface area contributed by atoms with Crippen molar-refractivity contribution in [3.05, 3.63) is 51.5 Å². The van der Waals surface area contributed by atoms with Crippen LogP contribution in [0.25, 0.3) is 0 Å². The quantitative estimate of drug-likeness (QED) is 0.899. The number of nitrogens with one attached hydrogen (secondary N) is 1. The Morgan fingerprint density at radius 3 is 2.67 bits per heavy atom. The Kier molecular flexibility index (Phi) is 4.47. The molecule has 1 heterocycles. The highest BCUT2D eigenvalue weighted by Gasteiger charge is 2.18. The van der Waals surface area contributed by atoms with Crippen molar-refractivity contribution in [3.63, 3.8) is 0 Å². The first kappa shape index (κ1) is 13.2. The lowest BCUT2D eigenvalue weighted by molar-refractivity contribution is 0.136. The summed E-state index contributed by atoms with van der Waals surface area (Å²) in [6.07, 6.45) is -0.0690. The zero-order chi connectivity index (χ0) is 13.0. The van der Waals surface area contributed by atoms with Crippen molar-refractivity contribution in [2.45, 2.75) is 19.6 Å². The third-order valence-corrected chi connectivity index (χ3v) is 4.01. The topological polar surface area (TPSA) is 34.1 Å². The molecule has 1 aromatic carbocycles. The molecule has 0 aliphatic heterocycles. The molecule has 18 heavy (non-hydrogen) atoms. The fraction of sp³-hybridized carbons (Fsp3) is 0.357. The Hall–Kier alpha value is -1.23. The zero-order valence-corrected chi connectivity index (χ0v) is 11.8. The van der Waals surface area contributed by atoms with Gasteiger partial charge in [0, 0.05) is 18.5 Å². The molecule has 2 rings (SSSR count). The number of benzene rings is 1. The van der Waals surface area contributed by atoms with Crippen LogP contribution >= 0.6 is 11.3 Å². The van der Waals surface area contributed by atoms with Crippen LogP contribution in [0.15, 0.2) is 30.3 Å². The van der Waals surface area contributed by atoms with E-state index in [0.717, 1.165) is 22.8 Å². The van der Waals surface area contributed by atoms with Crippen molar-refractivity contribution >= 4 is 11.3 Å². The van der Waals surface area contributed by atoms with E-state index in [-0.39, 0.29) is 6.10 Å². The van der Waals surface area contributed by atoms with Crippen LogP contribution in [0.3, 0.4) is 0 Å². The molecule has 0 spiro atoms. The minimum Gasteiger partial charge on any atom is -0.370 e.